The first-order valence-electron chi connectivity index (χ1n) is 9.56. The van der Waals surface area contributed by atoms with E-state index in [2.05, 4.69) is 33.5 Å². The molecule has 2 aromatic rings. The van der Waals surface area contributed by atoms with Crippen molar-refractivity contribution in [3.63, 3.8) is 0 Å². The van der Waals surface area contributed by atoms with Gasteiger partial charge in [0.15, 0.2) is 5.96 Å². The minimum Gasteiger partial charge on any atom is -0.474 e. The maximum atomic E-state index is 6.03. The summed E-state index contributed by atoms with van der Waals surface area (Å²) in [4.78, 5) is 8.81. The van der Waals surface area contributed by atoms with E-state index in [0.717, 1.165) is 30.5 Å². The van der Waals surface area contributed by atoms with Crippen molar-refractivity contribution in [3.8, 4) is 5.88 Å². The molecule has 1 saturated carbocycles. The molecule has 1 aromatic heterocycles. The zero-order valence-electron chi connectivity index (χ0n) is 15.1. The van der Waals surface area contributed by atoms with Gasteiger partial charge in [0, 0.05) is 18.0 Å². The molecule has 0 aliphatic heterocycles. The maximum Gasteiger partial charge on any atom is 0.213 e. The number of aromatic nitrogens is 1. The summed E-state index contributed by atoms with van der Waals surface area (Å²) in [5, 5.41) is 3.18. The van der Waals surface area contributed by atoms with Gasteiger partial charge in [-0.15, -0.1) is 0 Å². The second-order valence-corrected chi connectivity index (χ2v) is 7.19. The predicted octanol–water partition coefficient (Wildman–Crippen LogP) is 3.82. The molecule has 0 atom stereocenters. The Bertz CT molecular complexity index is 779. The SMILES string of the molecule is NC(=NCc1ccc(OC2CCCC2)nc1)Nc1ccc2c(c1)CCC2. The van der Waals surface area contributed by atoms with Gasteiger partial charge < -0.3 is 15.8 Å². The second kappa shape index (κ2) is 7.77. The van der Waals surface area contributed by atoms with Gasteiger partial charge in [0.25, 0.3) is 0 Å². The fourth-order valence-electron chi connectivity index (χ4n) is 3.76. The number of rotatable bonds is 5. The van der Waals surface area contributed by atoms with Crippen LogP contribution in [-0.4, -0.2) is 17.0 Å². The molecule has 2 aliphatic rings. The molecule has 0 bridgehead atoms. The van der Waals surface area contributed by atoms with Crippen molar-refractivity contribution in [1.82, 2.24) is 4.98 Å². The van der Waals surface area contributed by atoms with Crippen LogP contribution < -0.4 is 15.8 Å². The number of nitrogens with two attached hydrogens (primary N) is 1. The Morgan fingerprint density at radius 1 is 1.12 bits per heavy atom. The standard InChI is InChI=1S/C21H26N4O/c22-21(25-18-10-9-16-4-3-5-17(16)12-18)24-14-15-8-11-20(23-13-15)26-19-6-1-2-7-19/h8-13,19H,1-7,14H2,(H3,22,24,25). The Morgan fingerprint density at radius 2 is 1.96 bits per heavy atom. The molecule has 136 valence electrons. The number of guanidine groups is 1. The second-order valence-electron chi connectivity index (χ2n) is 7.19. The van der Waals surface area contributed by atoms with E-state index in [0.29, 0.717) is 24.5 Å². The summed E-state index contributed by atoms with van der Waals surface area (Å²) in [6.07, 6.45) is 10.5. The maximum absolute atomic E-state index is 6.03. The molecule has 0 radical (unpaired) electrons. The summed E-state index contributed by atoms with van der Waals surface area (Å²) in [5.41, 5.74) is 10.9. The lowest BCUT2D eigenvalue weighted by molar-refractivity contribution is 0.201. The molecule has 0 amide bonds. The molecule has 0 saturated heterocycles. The Kier molecular flexibility index (Phi) is 5.04. The van der Waals surface area contributed by atoms with Crippen LogP contribution in [0.25, 0.3) is 0 Å². The van der Waals surface area contributed by atoms with Gasteiger partial charge in [-0.2, -0.15) is 0 Å². The molecule has 1 aromatic carbocycles. The van der Waals surface area contributed by atoms with Crippen molar-refractivity contribution in [2.45, 2.75) is 57.6 Å². The van der Waals surface area contributed by atoms with Crippen molar-refractivity contribution in [2.75, 3.05) is 5.32 Å². The minimum atomic E-state index is 0.332. The van der Waals surface area contributed by atoms with Gasteiger partial charge in [-0.05, 0) is 73.8 Å². The number of fused-ring (bicyclic) bond motifs is 1. The first-order valence-corrected chi connectivity index (χ1v) is 9.56. The summed E-state index contributed by atoms with van der Waals surface area (Å²) in [5.74, 6) is 1.13. The van der Waals surface area contributed by atoms with E-state index < -0.39 is 0 Å². The number of hydrogen-bond acceptors (Lipinski definition) is 3. The molecule has 26 heavy (non-hydrogen) atoms. The van der Waals surface area contributed by atoms with Gasteiger partial charge in [0.1, 0.15) is 6.10 Å². The summed E-state index contributed by atoms with van der Waals surface area (Å²) < 4.78 is 5.89. The minimum absolute atomic E-state index is 0.332. The summed E-state index contributed by atoms with van der Waals surface area (Å²) in [6, 6.07) is 10.4. The zero-order valence-corrected chi connectivity index (χ0v) is 15.1. The predicted molar refractivity (Wildman–Crippen MR) is 105 cm³/mol. The Morgan fingerprint density at radius 3 is 2.77 bits per heavy atom. The average Bonchev–Trinajstić information content (AvgIpc) is 3.32. The molecule has 2 aliphatic carbocycles. The first-order chi connectivity index (χ1) is 12.8. The highest BCUT2D eigenvalue weighted by Crippen LogP contribution is 2.25. The molecule has 5 nitrogen and oxygen atoms in total. The van der Waals surface area contributed by atoms with Crippen LogP contribution in [0.15, 0.2) is 41.5 Å². The van der Waals surface area contributed by atoms with E-state index in [4.69, 9.17) is 10.5 Å². The first kappa shape index (κ1) is 16.9. The van der Waals surface area contributed by atoms with Gasteiger partial charge >= 0.3 is 0 Å². The number of aliphatic imine (C=N–C) groups is 1. The Balaban J connectivity index is 1.32. The van der Waals surface area contributed by atoms with Gasteiger partial charge in [0.05, 0.1) is 6.54 Å². The van der Waals surface area contributed by atoms with Gasteiger partial charge in [-0.1, -0.05) is 12.1 Å². The van der Waals surface area contributed by atoms with Crippen LogP contribution in [0, 0.1) is 0 Å². The zero-order chi connectivity index (χ0) is 17.8. The largest absolute Gasteiger partial charge is 0.474 e. The third-order valence-electron chi connectivity index (χ3n) is 5.19. The summed E-state index contributed by atoms with van der Waals surface area (Å²) >= 11 is 0. The third kappa shape index (κ3) is 4.15. The number of ether oxygens (including phenoxy) is 1. The summed E-state index contributed by atoms with van der Waals surface area (Å²) in [6.45, 7) is 0.500. The number of nitrogens with one attached hydrogen (secondary N) is 1. The third-order valence-corrected chi connectivity index (χ3v) is 5.19. The lowest BCUT2D eigenvalue weighted by Gasteiger charge is -2.12. The van der Waals surface area contributed by atoms with Crippen molar-refractivity contribution >= 4 is 11.6 Å². The van der Waals surface area contributed by atoms with E-state index in [-0.39, 0.29) is 0 Å². The number of aryl methyl sites for hydroxylation is 2. The average molecular weight is 350 g/mol. The molecule has 0 spiro atoms. The van der Waals surface area contributed by atoms with Crippen LogP contribution in [0.4, 0.5) is 5.69 Å². The number of hydrogen-bond donors (Lipinski definition) is 2. The van der Waals surface area contributed by atoms with Crippen molar-refractivity contribution < 1.29 is 4.74 Å². The van der Waals surface area contributed by atoms with Crippen molar-refractivity contribution in [1.29, 1.82) is 0 Å². The molecule has 0 unspecified atom stereocenters. The van der Waals surface area contributed by atoms with Gasteiger partial charge in [-0.3, -0.25) is 0 Å². The van der Waals surface area contributed by atoms with Crippen molar-refractivity contribution in [3.05, 3.63) is 53.2 Å². The Labute approximate surface area is 154 Å². The fourth-order valence-corrected chi connectivity index (χ4v) is 3.76. The number of anilines is 1. The highest BCUT2D eigenvalue weighted by molar-refractivity contribution is 5.92. The van der Waals surface area contributed by atoms with Gasteiger partial charge in [0.2, 0.25) is 5.88 Å². The van der Waals surface area contributed by atoms with E-state index in [1.54, 1.807) is 0 Å². The molecular formula is C21H26N4O. The summed E-state index contributed by atoms with van der Waals surface area (Å²) in [7, 11) is 0. The van der Waals surface area contributed by atoms with Crippen LogP contribution in [-0.2, 0) is 19.4 Å². The molecule has 4 rings (SSSR count). The van der Waals surface area contributed by atoms with E-state index in [9.17, 15) is 0 Å². The van der Waals surface area contributed by atoms with Crippen LogP contribution in [0.1, 0.15) is 48.8 Å². The van der Waals surface area contributed by atoms with E-state index in [1.807, 2.05) is 18.3 Å². The monoisotopic (exact) mass is 350 g/mol. The molecule has 1 fully saturated rings. The highest BCUT2D eigenvalue weighted by Gasteiger charge is 2.16. The fraction of sp³-hybridized carbons (Fsp3) is 0.429. The van der Waals surface area contributed by atoms with Crippen molar-refractivity contribution in [2.24, 2.45) is 10.7 Å². The number of benzene rings is 1. The normalized spacial score (nSPS) is 17.3. The number of pyridine rings is 1. The highest BCUT2D eigenvalue weighted by atomic mass is 16.5. The van der Waals surface area contributed by atoms with Crippen LogP contribution >= 0.6 is 0 Å². The molecule has 1 heterocycles. The molecule has 5 heteroatoms. The van der Waals surface area contributed by atoms with Gasteiger partial charge in [-0.25, -0.2) is 9.98 Å². The molecular weight excluding hydrogens is 324 g/mol. The van der Waals surface area contributed by atoms with Crippen LogP contribution in [0.5, 0.6) is 5.88 Å². The molecule has 3 N–H and O–H groups in total. The Hall–Kier alpha value is -2.56. The van der Waals surface area contributed by atoms with Crippen LogP contribution in [0.3, 0.4) is 0 Å². The smallest absolute Gasteiger partial charge is 0.213 e. The quantitative estimate of drug-likeness (QED) is 0.635. The van der Waals surface area contributed by atoms with E-state index >= 15 is 0 Å². The topological polar surface area (TPSA) is 72.5 Å². The lowest BCUT2D eigenvalue weighted by atomic mass is 10.1. The number of nitrogens with zero attached hydrogens (tertiary/aromatic N) is 2. The lowest BCUT2D eigenvalue weighted by Crippen LogP contribution is -2.22. The van der Waals surface area contributed by atoms with E-state index in [1.165, 1.54) is 36.8 Å². The van der Waals surface area contributed by atoms with Crippen LogP contribution in [0.2, 0.25) is 0 Å².